The third kappa shape index (κ3) is 2.10. The molecule has 4 heteroatoms. The van der Waals surface area contributed by atoms with Gasteiger partial charge in [0.25, 0.3) is 5.91 Å². The van der Waals surface area contributed by atoms with Crippen LogP contribution in [0.3, 0.4) is 0 Å². The van der Waals surface area contributed by atoms with Crippen LogP contribution in [0, 0.1) is 0 Å². The molecule has 0 spiro atoms. The van der Waals surface area contributed by atoms with E-state index in [4.69, 9.17) is 9.47 Å². The zero-order chi connectivity index (χ0) is 10.7. The number of anilines is 1. The van der Waals surface area contributed by atoms with E-state index < -0.39 is 6.10 Å². The van der Waals surface area contributed by atoms with Crippen LogP contribution < -0.4 is 10.1 Å². The summed E-state index contributed by atoms with van der Waals surface area (Å²) >= 11 is 0. The lowest BCUT2D eigenvalue weighted by molar-refractivity contribution is -0.126. The van der Waals surface area contributed by atoms with Crippen molar-refractivity contribution in [1.29, 1.82) is 0 Å². The number of carbonyl (C=O) groups is 1. The predicted molar refractivity (Wildman–Crippen MR) is 56.0 cm³/mol. The van der Waals surface area contributed by atoms with E-state index in [0.717, 1.165) is 5.69 Å². The summed E-state index contributed by atoms with van der Waals surface area (Å²) in [6.45, 7) is 2.75. The van der Waals surface area contributed by atoms with E-state index in [1.807, 2.05) is 31.2 Å². The molecule has 15 heavy (non-hydrogen) atoms. The highest BCUT2D eigenvalue weighted by Crippen LogP contribution is 2.28. The van der Waals surface area contributed by atoms with Crippen molar-refractivity contribution in [1.82, 2.24) is 0 Å². The first-order valence-electron chi connectivity index (χ1n) is 4.95. The van der Waals surface area contributed by atoms with Crippen molar-refractivity contribution in [2.24, 2.45) is 0 Å². The zero-order valence-electron chi connectivity index (χ0n) is 8.53. The van der Waals surface area contributed by atoms with E-state index in [1.165, 1.54) is 0 Å². The summed E-state index contributed by atoms with van der Waals surface area (Å²) < 4.78 is 10.7. The predicted octanol–water partition coefficient (Wildman–Crippen LogP) is 1.42. The first-order valence-corrected chi connectivity index (χ1v) is 4.95. The molecular weight excluding hydrogens is 194 g/mol. The molecule has 0 bridgehead atoms. The van der Waals surface area contributed by atoms with E-state index in [-0.39, 0.29) is 12.5 Å². The molecule has 1 aromatic carbocycles. The van der Waals surface area contributed by atoms with Crippen molar-refractivity contribution in [2.45, 2.75) is 13.0 Å². The van der Waals surface area contributed by atoms with E-state index in [0.29, 0.717) is 12.4 Å². The molecule has 0 saturated carbocycles. The lowest BCUT2D eigenvalue weighted by atomic mass is 10.2. The zero-order valence-corrected chi connectivity index (χ0v) is 8.53. The van der Waals surface area contributed by atoms with Gasteiger partial charge in [-0.3, -0.25) is 4.79 Å². The molecule has 0 fully saturated rings. The van der Waals surface area contributed by atoms with Crippen LogP contribution in [0.4, 0.5) is 5.69 Å². The molecule has 2 rings (SSSR count). The van der Waals surface area contributed by atoms with Gasteiger partial charge in [0.05, 0.1) is 12.3 Å². The Morgan fingerprint density at radius 1 is 1.47 bits per heavy atom. The fourth-order valence-corrected chi connectivity index (χ4v) is 1.43. The molecule has 1 atom stereocenters. The summed E-state index contributed by atoms with van der Waals surface area (Å²) in [6.07, 6.45) is -0.542. The lowest BCUT2D eigenvalue weighted by Crippen LogP contribution is -2.40. The molecule has 0 saturated heterocycles. The largest absolute Gasteiger partial charge is 0.476 e. The third-order valence-corrected chi connectivity index (χ3v) is 2.18. The third-order valence-electron chi connectivity index (χ3n) is 2.18. The number of carbonyl (C=O) groups excluding carboxylic acids is 1. The molecule has 1 N–H and O–H groups in total. The van der Waals surface area contributed by atoms with Crippen LogP contribution in [-0.4, -0.2) is 25.2 Å². The summed E-state index contributed by atoms with van der Waals surface area (Å²) in [5, 5.41) is 2.77. The van der Waals surface area contributed by atoms with Crippen LogP contribution in [0.25, 0.3) is 0 Å². The van der Waals surface area contributed by atoms with Crippen LogP contribution in [0.1, 0.15) is 6.92 Å². The number of para-hydroxylation sites is 2. The Bertz CT molecular complexity index is 365. The maximum atomic E-state index is 11.5. The first kappa shape index (κ1) is 9.98. The van der Waals surface area contributed by atoms with Gasteiger partial charge in [-0.15, -0.1) is 0 Å². The molecule has 0 aromatic heterocycles. The van der Waals surface area contributed by atoms with Crippen molar-refractivity contribution in [3.63, 3.8) is 0 Å². The van der Waals surface area contributed by atoms with Gasteiger partial charge in [0.15, 0.2) is 0 Å². The van der Waals surface area contributed by atoms with Crippen molar-refractivity contribution >= 4 is 11.6 Å². The highest BCUT2D eigenvalue weighted by Gasteiger charge is 2.27. The van der Waals surface area contributed by atoms with Crippen LogP contribution in [0.2, 0.25) is 0 Å². The number of amides is 1. The van der Waals surface area contributed by atoms with E-state index >= 15 is 0 Å². The molecule has 1 aromatic rings. The normalized spacial score (nSPS) is 19.0. The molecule has 4 nitrogen and oxygen atoms in total. The highest BCUT2D eigenvalue weighted by atomic mass is 16.5. The fourth-order valence-electron chi connectivity index (χ4n) is 1.43. The quantitative estimate of drug-likeness (QED) is 0.815. The molecule has 1 aliphatic rings. The summed E-state index contributed by atoms with van der Waals surface area (Å²) in [5.74, 6) is 0.545. The van der Waals surface area contributed by atoms with Gasteiger partial charge in [-0.1, -0.05) is 12.1 Å². The molecule has 1 heterocycles. The molecule has 1 aliphatic heterocycles. The van der Waals surface area contributed by atoms with Gasteiger partial charge in [-0.05, 0) is 19.1 Å². The van der Waals surface area contributed by atoms with E-state index in [1.54, 1.807) is 0 Å². The smallest absolute Gasteiger partial charge is 0.267 e. The Labute approximate surface area is 88.2 Å². The molecular formula is C11H13NO3. The Kier molecular flexibility index (Phi) is 2.87. The van der Waals surface area contributed by atoms with Gasteiger partial charge < -0.3 is 14.8 Å². The number of hydrogen-bond acceptors (Lipinski definition) is 3. The summed E-state index contributed by atoms with van der Waals surface area (Å²) in [5.41, 5.74) is 0.718. The summed E-state index contributed by atoms with van der Waals surface area (Å²) in [7, 11) is 0. The number of fused-ring (bicyclic) bond motifs is 1. The van der Waals surface area contributed by atoms with E-state index in [9.17, 15) is 4.79 Å². The minimum atomic E-state index is -0.542. The van der Waals surface area contributed by atoms with Crippen molar-refractivity contribution in [3.8, 4) is 5.75 Å². The number of ether oxygens (including phenoxy) is 2. The summed E-state index contributed by atoms with van der Waals surface area (Å²) in [6, 6.07) is 7.36. The second-order valence-electron chi connectivity index (χ2n) is 3.25. The molecule has 0 radical (unpaired) electrons. The van der Waals surface area contributed by atoms with Gasteiger partial charge >= 0.3 is 0 Å². The maximum absolute atomic E-state index is 11.5. The Morgan fingerprint density at radius 2 is 2.27 bits per heavy atom. The van der Waals surface area contributed by atoms with Crippen LogP contribution in [-0.2, 0) is 9.53 Å². The van der Waals surface area contributed by atoms with Gasteiger partial charge in [0.1, 0.15) is 5.75 Å². The monoisotopic (exact) mass is 207 g/mol. The maximum Gasteiger partial charge on any atom is 0.267 e. The first-order chi connectivity index (χ1) is 7.31. The molecule has 1 amide bonds. The molecule has 0 aliphatic carbocycles. The highest BCUT2D eigenvalue weighted by molar-refractivity contribution is 5.97. The summed E-state index contributed by atoms with van der Waals surface area (Å²) in [4.78, 5) is 11.5. The minimum Gasteiger partial charge on any atom is -0.476 e. The van der Waals surface area contributed by atoms with Crippen molar-refractivity contribution in [2.75, 3.05) is 18.5 Å². The standard InChI is InChI=1S/C11H13NO3/c1-2-14-7-10-11(13)12-8-5-3-4-6-9(8)15-10/h3-6,10H,2,7H2,1H3,(H,12,13)/t10-/m0/s1. The van der Waals surface area contributed by atoms with Crippen molar-refractivity contribution < 1.29 is 14.3 Å². The van der Waals surface area contributed by atoms with Crippen LogP contribution >= 0.6 is 0 Å². The second-order valence-corrected chi connectivity index (χ2v) is 3.25. The second kappa shape index (κ2) is 4.31. The van der Waals surface area contributed by atoms with Gasteiger partial charge in [0.2, 0.25) is 6.10 Å². The topological polar surface area (TPSA) is 47.6 Å². The Balaban J connectivity index is 2.11. The number of hydrogen-bond donors (Lipinski definition) is 1. The minimum absolute atomic E-state index is 0.151. The average Bonchev–Trinajstić information content (AvgIpc) is 2.26. The van der Waals surface area contributed by atoms with Crippen molar-refractivity contribution in [3.05, 3.63) is 24.3 Å². The Hall–Kier alpha value is -1.55. The van der Waals surface area contributed by atoms with Crippen LogP contribution in [0.5, 0.6) is 5.75 Å². The van der Waals surface area contributed by atoms with Gasteiger partial charge in [-0.2, -0.15) is 0 Å². The molecule has 80 valence electrons. The number of nitrogens with one attached hydrogen (secondary N) is 1. The SMILES string of the molecule is CCOC[C@@H]1Oc2ccccc2NC1=O. The van der Waals surface area contributed by atoms with Gasteiger partial charge in [0, 0.05) is 6.61 Å². The number of rotatable bonds is 3. The lowest BCUT2D eigenvalue weighted by Gasteiger charge is -2.25. The molecule has 0 unspecified atom stereocenters. The van der Waals surface area contributed by atoms with E-state index in [2.05, 4.69) is 5.32 Å². The van der Waals surface area contributed by atoms with Crippen LogP contribution in [0.15, 0.2) is 24.3 Å². The average molecular weight is 207 g/mol. The number of benzene rings is 1. The Morgan fingerprint density at radius 3 is 3.07 bits per heavy atom. The fraction of sp³-hybridized carbons (Fsp3) is 0.364. The van der Waals surface area contributed by atoms with Gasteiger partial charge in [-0.25, -0.2) is 0 Å².